The maximum Gasteiger partial charge on any atom is 0.416 e. The molecule has 1 aromatic carbocycles. The minimum Gasteiger partial charge on any atom is -0.409 e. The summed E-state index contributed by atoms with van der Waals surface area (Å²) in [5.41, 5.74) is 5.35. The Labute approximate surface area is 123 Å². The SMILES string of the molecule is CC(CN(C)c1ccc(C(F)(F)F)cc1Br)/C(N)=N/O. The van der Waals surface area contributed by atoms with Gasteiger partial charge < -0.3 is 15.8 Å². The zero-order valence-electron chi connectivity index (χ0n) is 10.9. The fourth-order valence-corrected chi connectivity index (χ4v) is 2.38. The number of alkyl halides is 3. The second kappa shape index (κ2) is 6.34. The van der Waals surface area contributed by atoms with Crippen molar-refractivity contribution in [3.05, 3.63) is 28.2 Å². The highest BCUT2D eigenvalue weighted by Crippen LogP contribution is 2.35. The Morgan fingerprint density at radius 3 is 2.55 bits per heavy atom. The number of nitrogens with two attached hydrogens (primary N) is 1. The number of amidine groups is 1. The van der Waals surface area contributed by atoms with E-state index in [1.165, 1.54) is 6.07 Å². The summed E-state index contributed by atoms with van der Waals surface area (Å²) in [4.78, 5) is 1.73. The molecule has 0 saturated carbocycles. The topological polar surface area (TPSA) is 61.8 Å². The molecule has 1 unspecified atom stereocenters. The van der Waals surface area contributed by atoms with Crippen LogP contribution in [0, 0.1) is 5.92 Å². The number of benzene rings is 1. The predicted molar refractivity (Wildman–Crippen MR) is 75.0 cm³/mol. The average Bonchev–Trinajstić information content (AvgIpc) is 2.36. The van der Waals surface area contributed by atoms with Crippen molar-refractivity contribution in [1.29, 1.82) is 0 Å². The summed E-state index contributed by atoms with van der Waals surface area (Å²) in [5.74, 6) is -0.168. The molecule has 0 aliphatic carbocycles. The maximum absolute atomic E-state index is 12.6. The molecule has 112 valence electrons. The van der Waals surface area contributed by atoms with Crippen LogP contribution < -0.4 is 10.6 Å². The van der Waals surface area contributed by atoms with Crippen LogP contribution in [0.4, 0.5) is 18.9 Å². The van der Waals surface area contributed by atoms with Crippen molar-refractivity contribution in [2.24, 2.45) is 16.8 Å². The van der Waals surface area contributed by atoms with Gasteiger partial charge in [0, 0.05) is 24.0 Å². The van der Waals surface area contributed by atoms with Gasteiger partial charge in [0.25, 0.3) is 0 Å². The van der Waals surface area contributed by atoms with E-state index < -0.39 is 11.7 Å². The molecule has 0 radical (unpaired) electrons. The molecule has 0 heterocycles. The van der Waals surface area contributed by atoms with Crippen LogP contribution in [-0.2, 0) is 6.18 Å². The van der Waals surface area contributed by atoms with Gasteiger partial charge in [-0.2, -0.15) is 13.2 Å². The van der Waals surface area contributed by atoms with Crippen LogP contribution in [0.2, 0.25) is 0 Å². The highest BCUT2D eigenvalue weighted by molar-refractivity contribution is 9.10. The van der Waals surface area contributed by atoms with Gasteiger partial charge in [0.2, 0.25) is 0 Å². The molecular weight excluding hydrogens is 339 g/mol. The molecule has 0 aliphatic rings. The summed E-state index contributed by atoms with van der Waals surface area (Å²) in [6, 6.07) is 3.43. The van der Waals surface area contributed by atoms with E-state index in [1.807, 2.05) is 0 Å². The zero-order chi connectivity index (χ0) is 15.5. The molecule has 8 heteroatoms. The van der Waals surface area contributed by atoms with Crippen LogP contribution in [0.25, 0.3) is 0 Å². The van der Waals surface area contributed by atoms with Gasteiger partial charge in [-0.15, -0.1) is 0 Å². The van der Waals surface area contributed by atoms with Crippen molar-refractivity contribution in [2.75, 3.05) is 18.5 Å². The third-order valence-electron chi connectivity index (χ3n) is 2.85. The molecule has 1 atom stereocenters. The smallest absolute Gasteiger partial charge is 0.409 e. The van der Waals surface area contributed by atoms with Gasteiger partial charge in [-0.25, -0.2) is 0 Å². The number of anilines is 1. The summed E-state index contributed by atoms with van der Waals surface area (Å²) < 4.78 is 38.0. The second-order valence-corrected chi connectivity index (χ2v) is 5.32. The van der Waals surface area contributed by atoms with Gasteiger partial charge in [0.1, 0.15) is 5.84 Å². The first-order chi connectivity index (χ1) is 9.16. The van der Waals surface area contributed by atoms with Crippen molar-refractivity contribution >= 4 is 27.5 Å². The first-order valence-electron chi connectivity index (χ1n) is 5.72. The molecule has 1 aromatic rings. The summed E-state index contributed by atoms with van der Waals surface area (Å²) in [6.45, 7) is 2.16. The van der Waals surface area contributed by atoms with Crippen LogP contribution in [0.3, 0.4) is 0 Å². The molecule has 0 bridgehead atoms. The lowest BCUT2D eigenvalue weighted by Crippen LogP contribution is -2.32. The van der Waals surface area contributed by atoms with E-state index in [9.17, 15) is 13.2 Å². The lowest BCUT2D eigenvalue weighted by atomic mass is 10.1. The van der Waals surface area contributed by atoms with Gasteiger partial charge in [0.15, 0.2) is 0 Å². The number of nitrogens with zero attached hydrogens (tertiary/aromatic N) is 2. The Hall–Kier alpha value is -1.44. The van der Waals surface area contributed by atoms with E-state index in [0.717, 1.165) is 12.1 Å². The largest absolute Gasteiger partial charge is 0.416 e. The normalized spacial score (nSPS) is 14.2. The summed E-state index contributed by atoms with van der Waals surface area (Å²) in [7, 11) is 1.72. The van der Waals surface area contributed by atoms with E-state index in [2.05, 4.69) is 21.1 Å². The first kappa shape index (κ1) is 16.6. The van der Waals surface area contributed by atoms with Crippen LogP contribution >= 0.6 is 15.9 Å². The molecule has 3 N–H and O–H groups in total. The molecule has 0 saturated heterocycles. The van der Waals surface area contributed by atoms with Gasteiger partial charge in [0.05, 0.1) is 11.3 Å². The molecule has 0 fully saturated rings. The number of rotatable bonds is 4. The van der Waals surface area contributed by atoms with Crippen molar-refractivity contribution in [3.8, 4) is 0 Å². The summed E-state index contributed by atoms with van der Waals surface area (Å²) in [5, 5.41) is 11.5. The van der Waals surface area contributed by atoms with Crippen LogP contribution in [0.15, 0.2) is 27.8 Å². The Morgan fingerprint density at radius 1 is 1.50 bits per heavy atom. The molecule has 0 aliphatic heterocycles. The van der Waals surface area contributed by atoms with E-state index in [0.29, 0.717) is 16.7 Å². The zero-order valence-corrected chi connectivity index (χ0v) is 12.5. The number of halogens is 4. The van der Waals surface area contributed by atoms with Gasteiger partial charge in [-0.1, -0.05) is 12.1 Å². The predicted octanol–water partition coefficient (Wildman–Crippen LogP) is 3.29. The average molecular weight is 354 g/mol. The van der Waals surface area contributed by atoms with E-state index >= 15 is 0 Å². The molecule has 1 rings (SSSR count). The van der Waals surface area contributed by atoms with Crippen LogP contribution in [0.5, 0.6) is 0 Å². The lowest BCUT2D eigenvalue weighted by molar-refractivity contribution is -0.137. The van der Waals surface area contributed by atoms with Gasteiger partial charge >= 0.3 is 6.18 Å². The van der Waals surface area contributed by atoms with E-state index in [4.69, 9.17) is 10.9 Å². The van der Waals surface area contributed by atoms with Gasteiger partial charge in [-0.3, -0.25) is 0 Å². The Kier molecular flexibility index (Phi) is 5.27. The maximum atomic E-state index is 12.6. The second-order valence-electron chi connectivity index (χ2n) is 4.47. The Balaban J connectivity index is 2.92. The lowest BCUT2D eigenvalue weighted by Gasteiger charge is -2.24. The van der Waals surface area contributed by atoms with Gasteiger partial charge in [-0.05, 0) is 34.1 Å². The van der Waals surface area contributed by atoms with Crippen molar-refractivity contribution < 1.29 is 18.4 Å². The quantitative estimate of drug-likeness (QED) is 0.378. The monoisotopic (exact) mass is 353 g/mol. The van der Waals surface area contributed by atoms with E-state index in [1.54, 1.807) is 18.9 Å². The minimum atomic E-state index is -4.37. The molecule has 4 nitrogen and oxygen atoms in total. The van der Waals surface area contributed by atoms with Crippen LogP contribution in [-0.4, -0.2) is 24.6 Å². The molecular formula is C12H15BrF3N3O. The first-order valence-corrected chi connectivity index (χ1v) is 6.51. The van der Waals surface area contributed by atoms with E-state index in [-0.39, 0.29) is 11.8 Å². The summed E-state index contributed by atoms with van der Waals surface area (Å²) in [6.07, 6.45) is -4.37. The number of oxime groups is 1. The Morgan fingerprint density at radius 2 is 2.10 bits per heavy atom. The standard InChI is InChI=1S/C12H15BrF3N3O/c1-7(11(17)18-20)6-19(2)10-4-3-8(5-9(10)13)12(14,15)16/h3-5,7,20H,6H2,1-2H3,(H2,17,18). The molecule has 0 amide bonds. The fourth-order valence-electron chi connectivity index (χ4n) is 1.69. The van der Waals surface area contributed by atoms with Crippen LogP contribution in [0.1, 0.15) is 12.5 Å². The van der Waals surface area contributed by atoms with Crippen molar-refractivity contribution in [2.45, 2.75) is 13.1 Å². The number of hydrogen-bond donors (Lipinski definition) is 2. The third kappa shape index (κ3) is 4.03. The highest BCUT2D eigenvalue weighted by Gasteiger charge is 2.31. The molecule has 0 spiro atoms. The summed E-state index contributed by atoms with van der Waals surface area (Å²) >= 11 is 3.13. The molecule has 20 heavy (non-hydrogen) atoms. The molecule has 0 aromatic heterocycles. The highest BCUT2D eigenvalue weighted by atomic mass is 79.9. The van der Waals surface area contributed by atoms with Crippen molar-refractivity contribution in [3.63, 3.8) is 0 Å². The number of hydrogen-bond acceptors (Lipinski definition) is 3. The fraction of sp³-hybridized carbons (Fsp3) is 0.417. The Bertz CT molecular complexity index is 505. The third-order valence-corrected chi connectivity index (χ3v) is 3.49. The minimum absolute atomic E-state index is 0.0693. The van der Waals surface area contributed by atoms with Crippen molar-refractivity contribution in [1.82, 2.24) is 0 Å².